The van der Waals surface area contributed by atoms with E-state index in [2.05, 4.69) is 0 Å². The molecule has 0 saturated carbocycles. The molecule has 7 nitrogen and oxygen atoms in total. The molecular formula is C18H21FN2O5. The second kappa shape index (κ2) is 7.31. The molecule has 2 amide bonds. The van der Waals surface area contributed by atoms with E-state index in [1.165, 1.54) is 30.1 Å². The van der Waals surface area contributed by atoms with Gasteiger partial charge in [-0.15, -0.1) is 0 Å². The van der Waals surface area contributed by atoms with Gasteiger partial charge < -0.3 is 19.6 Å². The van der Waals surface area contributed by atoms with Crippen LogP contribution in [0.2, 0.25) is 0 Å². The summed E-state index contributed by atoms with van der Waals surface area (Å²) in [5, 5.41) is 9.00. The number of likely N-dealkylation sites (N-methyl/N-ethyl adjacent to an activating group) is 1. The average molecular weight is 364 g/mol. The minimum Gasteiger partial charge on any atom is -0.481 e. The first-order chi connectivity index (χ1) is 12.3. The zero-order chi connectivity index (χ0) is 18.8. The first-order valence-corrected chi connectivity index (χ1v) is 8.56. The largest absolute Gasteiger partial charge is 0.481 e. The van der Waals surface area contributed by atoms with Crippen molar-refractivity contribution >= 4 is 17.8 Å². The van der Waals surface area contributed by atoms with Crippen molar-refractivity contribution < 1.29 is 28.6 Å². The molecule has 3 rings (SSSR count). The van der Waals surface area contributed by atoms with E-state index in [0.717, 1.165) is 0 Å². The zero-order valence-electron chi connectivity index (χ0n) is 14.5. The third kappa shape index (κ3) is 3.79. The number of fused-ring (bicyclic) bond motifs is 1. The minimum absolute atomic E-state index is 0.0961. The maximum atomic E-state index is 13.3. The quantitative estimate of drug-likeness (QED) is 0.858. The molecular weight excluding hydrogens is 343 g/mol. The molecule has 2 aliphatic rings. The Morgan fingerprint density at radius 1 is 1.31 bits per heavy atom. The number of carbonyl (C=O) groups is 3. The highest BCUT2D eigenvalue weighted by molar-refractivity contribution is 5.88. The first-order valence-electron chi connectivity index (χ1n) is 8.56. The van der Waals surface area contributed by atoms with Crippen molar-refractivity contribution in [3.63, 3.8) is 0 Å². The third-order valence-electron chi connectivity index (χ3n) is 4.92. The van der Waals surface area contributed by atoms with Crippen molar-refractivity contribution in [3.05, 3.63) is 29.6 Å². The van der Waals surface area contributed by atoms with Gasteiger partial charge in [0.15, 0.2) is 6.10 Å². The average Bonchev–Trinajstić information content (AvgIpc) is 3.04. The van der Waals surface area contributed by atoms with Gasteiger partial charge in [0.2, 0.25) is 5.91 Å². The van der Waals surface area contributed by atoms with Gasteiger partial charge in [0.1, 0.15) is 11.6 Å². The summed E-state index contributed by atoms with van der Waals surface area (Å²) in [4.78, 5) is 38.7. The fraction of sp³-hybridized carbons (Fsp3) is 0.500. The summed E-state index contributed by atoms with van der Waals surface area (Å²) >= 11 is 0. The van der Waals surface area contributed by atoms with Crippen molar-refractivity contribution in [2.24, 2.45) is 5.92 Å². The van der Waals surface area contributed by atoms with E-state index in [1.54, 1.807) is 4.90 Å². The van der Waals surface area contributed by atoms with Gasteiger partial charge in [0, 0.05) is 32.1 Å². The van der Waals surface area contributed by atoms with Crippen LogP contribution in [0.25, 0.3) is 0 Å². The fourth-order valence-corrected chi connectivity index (χ4v) is 3.36. The molecule has 2 heterocycles. The van der Waals surface area contributed by atoms with E-state index < -0.39 is 18.0 Å². The summed E-state index contributed by atoms with van der Waals surface area (Å²) in [5.74, 6) is -1.70. The van der Waals surface area contributed by atoms with Gasteiger partial charge in [0.05, 0.1) is 12.5 Å². The fourth-order valence-electron chi connectivity index (χ4n) is 3.36. The number of nitrogens with zero attached hydrogens (tertiary/aromatic N) is 2. The molecule has 0 aromatic heterocycles. The van der Waals surface area contributed by atoms with Crippen LogP contribution >= 0.6 is 0 Å². The Bertz CT molecular complexity index is 730. The van der Waals surface area contributed by atoms with Gasteiger partial charge in [-0.05, 0) is 31.0 Å². The molecule has 1 fully saturated rings. The Hall–Kier alpha value is -2.64. The zero-order valence-corrected chi connectivity index (χ0v) is 14.5. The monoisotopic (exact) mass is 364 g/mol. The molecule has 1 unspecified atom stereocenters. The van der Waals surface area contributed by atoms with Crippen molar-refractivity contribution in [2.45, 2.75) is 25.4 Å². The van der Waals surface area contributed by atoms with Crippen LogP contribution in [-0.4, -0.2) is 65.5 Å². The summed E-state index contributed by atoms with van der Waals surface area (Å²) < 4.78 is 18.8. The van der Waals surface area contributed by atoms with Crippen LogP contribution in [0.15, 0.2) is 18.2 Å². The summed E-state index contributed by atoms with van der Waals surface area (Å²) in [6, 6.07) is 4.12. The number of likely N-dealkylation sites (tertiary alicyclic amines) is 1. The van der Waals surface area contributed by atoms with Gasteiger partial charge in [-0.2, -0.15) is 0 Å². The predicted octanol–water partition coefficient (Wildman–Crippen LogP) is 0.911. The Morgan fingerprint density at radius 2 is 2.00 bits per heavy atom. The van der Waals surface area contributed by atoms with E-state index >= 15 is 0 Å². The number of halogens is 1. The number of carboxylic acids is 1. The van der Waals surface area contributed by atoms with Gasteiger partial charge in [-0.3, -0.25) is 14.4 Å². The number of benzene rings is 1. The number of hydrogen-bond donors (Lipinski definition) is 1. The molecule has 1 saturated heterocycles. The number of amides is 2. The van der Waals surface area contributed by atoms with Crippen molar-refractivity contribution in [1.29, 1.82) is 0 Å². The molecule has 8 heteroatoms. The molecule has 2 aliphatic heterocycles. The molecule has 1 aromatic rings. The van der Waals surface area contributed by atoms with E-state index in [1.807, 2.05) is 0 Å². The summed E-state index contributed by atoms with van der Waals surface area (Å²) in [6.45, 7) is 0.659. The number of ether oxygens (including phenoxy) is 1. The number of piperidine rings is 1. The predicted molar refractivity (Wildman–Crippen MR) is 89.1 cm³/mol. The molecule has 1 atom stereocenters. The second-order valence-electron chi connectivity index (χ2n) is 6.75. The normalized spacial score (nSPS) is 19.6. The highest BCUT2D eigenvalue weighted by Gasteiger charge is 2.33. The standard InChI is InChI=1S/C18H21FN2O5/c1-20(10-16(22)21-6-4-11(5-7-21)18(24)25)17(23)15-9-12-8-13(19)2-3-14(12)26-15/h2-3,8,11,15H,4-7,9-10H2,1H3,(H,24,25). The number of hydrogen-bond acceptors (Lipinski definition) is 4. The van der Waals surface area contributed by atoms with Crippen LogP contribution in [0, 0.1) is 11.7 Å². The maximum Gasteiger partial charge on any atom is 0.306 e. The Morgan fingerprint density at radius 3 is 2.65 bits per heavy atom. The maximum absolute atomic E-state index is 13.3. The number of carboxylic acid groups (broad SMARTS) is 1. The van der Waals surface area contributed by atoms with E-state index in [-0.39, 0.29) is 30.6 Å². The van der Waals surface area contributed by atoms with Crippen LogP contribution in [0.4, 0.5) is 4.39 Å². The third-order valence-corrected chi connectivity index (χ3v) is 4.92. The van der Waals surface area contributed by atoms with Crippen molar-refractivity contribution in [3.8, 4) is 5.75 Å². The summed E-state index contributed by atoms with van der Waals surface area (Å²) in [6.07, 6.45) is 0.355. The number of rotatable bonds is 4. The number of carbonyl (C=O) groups excluding carboxylic acids is 2. The van der Waals surface area contributed by atoms with Crippen LogP contribution in [-0.2, 0) is 20.8 Å². The van der Waals surface area contributed by atoms with Gasteiger partial charge in [0.25, 0.3) is 5.91 Å². The highest BCUT2D eigenvalue weighted by Crippen LogP contribution is 2.30. The Labute approximate surface area is 150 Å². The van der Waals surface area contributed by atoms with Crippen LogP contribution in [0.3, 0.4) is 0 Å². The van der Waals surface area contributed by atoms with Crippen LogP contribution in [0.1, 0.15) is 18.4 Å². The highest BCUT2D eigenvalue weighted by atomic mass is 19.1. The Kier molecular flexibility index (Phi) is 5.11. The van der Waals surface area contributed by atoms with Crippen molar-refractivity contribution in [1.82, 2.24) is 9.80 Å². The lowest BCUT2D eigenvalue weighted by Gasteiger charge is -2.31. The van der Waals surface area contributed by atoms with Crippen LogP contribution in [0.5, 0.6) is 5.75 Å². The topological polar surface area (TPSA) is 87.2 Å². The minimum atomic E-state index is -0.834. The second-order valence-corrected chi connectivity index (χ2v) is 6.75. The van der Waals surface area contributed by atoms with E-state index in [0.29, 0.717) is 37.2 Å². The first kappa shape index (κ1) is 18.2. The van der Waals surface area contributed by atoms with Crippen molar-refractivity contribution in [2.75, 3.05) is 26.7 Å². The SMILES string of the molecule is CN(CC(=O)N1CCC(C(=O)O)CC1)C(=O)C1Cc2cc(F)ccc2O1. The lowest BCUT2D eigenvalue weighted by Crippen LogP contribution is -2.48. The summed E-state index contributed by atoms with van der Waals surface area (Å²) in [5.41, 5.74) is 0.638. The smallest absolute Gasteiger partial charge is 0.306 e. The molecule has 140 valence electrons. The molecule has 26 heavy (non-hydrogen) atoms. The number of aliphatic carboxylic acids is 1. The van der Waals surface area contributed by atoms with Gasteiger partial charge in [-0.25, -0.2) is 4.39 Å². The van der Waals surface area contributed by atoms with E-state index in [4.69, 9.17) is 9.84 Å². The summed E-state index contributed by atoms with van der Waals surface area (Å²) in [7, 11) is 1.52. The molecule has 0 spiro atoms. The molecule has 0 aliphatic carbocycles. The molecule has 0 bridgehead atoms. The lowest BCUT2D eigenvalue weighted by atomic mass is 9.97. The van der Waals surface area contributed by atoms with Gasteiger partial charge in [-0.1, -0.05) is 0 Å². The van der Waals surface area contributed by atoms with Crippen LogP contribution < -0.4 is 4.74 Å². The Balaban J connectivity index is 1.52. The van der Waals surface area contributed by atoms with Gasteiger partial charge >= 0.3 is 5.97 Å². The molecule has 1 aromatic carbocycles. The molecule has 1 N–H and O–H groups in total. The molecule has 0 radical (unpaired) electrons. The lowest BCUT2D eigenvalue weighted by molar-refractivity contribution is -0.147. The van der Waals surface area contributed by atoms with E-state index in [9.17, 15) is 18.8 Å².